The number of benzene rings is 2. The van der Waals surface area contributed by atoms with Crippen molar-refractivity contribution in [3.05, 3.63) is 88.3 Å². The van der Waals surface area contributed by atoms with Crippen LogP contribution in [0.15, 0.2) is 80.7 Å². The van der Waals surface area contributed by atoms with Crippen LogP contribution in [0.25, 0.3) is 0 Å². The summed E-state index contributed by atoms with van der Waals surface area (Å²) in [6, 6.07) is 16.6. The molecule has 0 saturated heterocycles. The molecule has 1 amide bonds. The third-order valence-electron chi connectivity index (χ3n) is 4.14. The lowest BCUT2D eigenvalue weighted by Gasteiger charge is -2.16. The van der Waals surface area contributed by atoms with Gasteiger partial charge in [-0.1, -0.05) is 40.2 Å². The van der Waals surface area contributed by atoms with E-state index in [4.69, 9.17) is 4.42 Å². The Morgan fingerprint density at radius 3 is 2.61 bits per heavy atom. The molecule has 0 fully saturated rings. The average molecular weight is 463 g/mol. The van der Waals surface area contributed by atoms with Crippen LogP contribution < -0.4 is 10.0 Å². The van der Waals surface area contributed by atoms with Crippen molar-refractivity contribution in [3.63, 3.8) is 0 Å². The molecule has 3 aromatic rings. The van der Waals surface area contributed by atoms with E-state index in [1.54, 1.807) is 24.3 Å². The first-order chi connectivity index (χ1) is 13.4. The first-order valence-corrected chi connectivity index (χ1v) is 10.8. The van der Waals surface area contributed by atoms with Gasteiger partial charge in [-0.25, -0.2) is 13.1 Å². The maximum Gasteiger partial charge on any atom is 0.251 e. The summed E-state index contributed by atoms with van der Waals surface area (Å²) in [4.78, 5) is 12.6. The molecule has 1 heterocycles. The molecular weight excluding hydrogens is 444 g/mol. The van der Waals surface area contributed by atoms with Crippen LogP contribution in [-0.2, 0) is 16.6 Å². The molecule has 0 aliphatic rings. The number of rotatable bonds is 7. The molecule has 0 aliphatic carbocycles. The third-order valence-corrected chi connectivity index (χ3v) is 6.26. The fraction of sp³-hybridized carbons (Fsp3) is 0.150. The van der Waals surface area contributed by atoms with Gasteiger partial charge in [0.2, 0.25) is 10.0 Å². The molecule has 0 aliphatic heterocycles. The predicted octanol–water partition coefficient (Wildman–Crippen LogP) is 4.01. The zero-order valence-electron chi connectivity index (χ0n) is 15.1. The van der Waals surface area contributed by atoms with E-state index in [1.807, 2.05) is 31.2 Å². The summed E-state index contributed by atoms with van der Waals surface area (Å²) in [5.74, 6) is 0.145. The van der Waals surface area contributed by atoms with Crippen LogP contribution in [0.4, 0.5) is 0 Å². The normalized spacial score (nSPS) is 12.5. The largest absolute Gasteiger partial charge is 0.468 e. The first-order valence-electron chi connectivity index (χ1n) is 8.54. The van der Waals surface area contributed by atoms with Crippen molar-refractivity contribution in [1.82, 2.24) is 10.0 Å². The monoisotopic (exact) mass is 462 g/mol. The SMILES string of the molecule is CC(NC(=O)c1cccc(S(=O)(=O)NCc2ccco2)c1)c1ccccc1Br. The molecule has 2 aromatic carbocycles. The second-order valence-corrected chi connectivity index (χ2v) is 8.77. The quantitative estimate of drug-likeness (QED) is 0.554. The lowest BCUT2D eigenvalue weighted by atomic mass is 10.1. The third kappa shape index (κ3) is 4.89. The first kappa shape index (κ1) is 20.3. The molecule has 146 valence electrons. The highest BCUT2D eigenvalue weighted by atomic mass is 79.9. The molecule has 1 unspecified atom stereocenters. The minimum atomic E-state index is -3.78. The maximum atomic E-state index is 12.6. The Bertz CT molecular complexity index is 1070. The van der Waals surface area contributed by atoms with Crippen LogP contribution in [0.2, 0.25) is 0 Å². The lowest BCUT2D eigenvalue weighted by Crippen LogP contribution is -2.27. The number of sulfonamides is 1. The van der Waals surface area contributed by atoms with E-state index in [2.05, 4.69) is 26.0 Å². The van der Waals surface area contributed by atoms with Crippen molar-refractivity contribution >= 4 is 31.9 Å². The molecule has 8 heteroatoms. The molecular formula is C20H19BrN2O4S. The van der Waals surface area contributed by atoms with Gasteiger partial charge in [-0.3, -0.25) is 4.79 Å². The van der Waals surface area contributed by atoms with Gasteiger partial charge in [-0.2, -0.15) is 0 Å². The van der Waals surface area contributed by atoms with Gasteiger partial charge in [0.25, 0.3) is 5.91 Å². The number of hydrogen-bond donors (Lipinski definition) is 2. The van der Waals surface area contributed by atoms with E-state index in [1.165, 1.54) is 18.4 Å². The Morgan fingerprint density at radius 1 is 1.11 bits per heavy atom. The minimum Gasteiger partial charge on any atom is -0.468 e. The van der Waals surface area contributed by atoms with Gasteiger partial charge in [0.15, 0.2) is 0 Å². The van der Waals surface area contributed by atoms with Crippen LogP contribution in [0.1, 0.15) is 34.6 Å². The van der Waals surface area contributed by atoms with E-state index < -0.39 is 10.0 Å². The summed E-state index contributed by atoms with van der Waals surface area (Å²) in [6.45, 7) is 1.90. The number of carbonyl (C=O) groups is 1. The van der Waals surface area contributed by atoms with Gasteiger partial charge in [-0.05, 0) is 48.9 Å². The highest BCUT2D eigenvalue weighted by molar-refractivity contribution is 9.10. The van der Waals surface area contributed by atoms with Crippen molar-refractivity contribution in [3.8, 4) is 0 Å². The summed E-state index contributed by atoms with van der Waals surface area (Å²) in [5, 5.41) is 2.89. The highest BCUT2D eigenvalue weighted by Gasteiger charge is 2.18. The molecule has 28 heavy (non-hydrogen) atoms. The van der Waals surface area contributed by atoms with E-state index in [-0.39, 0.29) is 29.0 Å². The van der Waals surface area contributed by atoms with Crippen molar-refractivity contribution in [2.45, 2.75) is 24.4 Å². The van der Waals surface area contributed by atoms with Gasteiger partial charge >= 0.3 is 0 Å². The van der Waals surface area contributed by atoms with Crippen molar-refractivity contribution < 1.29 is 17.6 Å². The molecule has 1 atom stereocenters. The van der Waals surface area contributed by atoms with Gasteiger partial charge in [0.05, 0.1) is 23.7 Å². The number of amides is 1. The van der Waals surface area contributed by atoms with Crippen molar-refractivity contribution in [1.29, 1.82) is 0 Å². The molecule has 6 nitrogen and oxygen atoms in total. The zero-order chi connectivity index (χ0) is 20.1. The van der Waals surface area contributed by atoms with Crippen molar-refractivity contribution in [2.75, 3.05) is 0 Å². The van der Waals surface area contributed by atoms with Crippen LogP contribution >= 0.6 is 15.9 Å². The highest BCUT2D eigenvalue weighted by Crippen LogP contribution is 2.23. The van der Waals surface area contributed by atoms with Crippen LogP contribution in [0, 0.1) is 0 Å². The predicted molar refractivity (Wildman–Crippen MR) is 109 cm³/mol. The summed E-state index contributed by atoms with van der Waals surface area (Å²) in [5.41, 5.74) is 1.19. The Labute approximate surface area is 172 Å². The number of hydrogen-bond acceptors (Lipinski definition) is 4. The molecule has 0 saturated carbocycles. The van der Waals surface area contributed by atoms with Crippen molar-refractivity contribution in [2.24, 2.45) is 0 Å². The fourth-order valence-corrected chi connectivity index (χ4v) is 4.32. The number of furan rings is 1. The van der Waals surface area contributed by atoms with Crippen LogP contribution in [-0.4, -0.2) is 14.3 Å². The fourth-order valence-electron chi connectivity index (χ4n) is 2.65. The molecule has 0 radical (unpaired) electrons. The number of carbonyl (C=O) groups excluding carboxylic acids is 1. The Hall–Kier alpha value is -2.42. The van der Waals surface area contributed by atoms with E-state index in [9.17, 15) is 13.2 Å². The topological polar surface area (TPSA) is 88.4 Å². The zero-order valence-corrected chi connectivity index (χ0v) is 17.5. The standard InChI is InChI=1S/C20H19BrN2O4S/c1-14(18-9-2-3-10-19(18)21)23-20(24)15-6-4-8-17(12-15)28(25,26)22-13-16-7-5-11-27-16/h2-12,14,22H,13H2,1H3,(H,23,24). The van der Waals surface area contributed by atoms with Gasteiger partial charge in [0.1, 0.15) is 5.76 Å². The van der Waals surface area contributed by atoms with E-state index >= 15 is 0 Å². The summed E-state index contributed by atoms with van der Waals surface area (Å²) in [7, 11) is -3.78. The molecule has 3 rings (SSSR count). The van der Waals surface area contributed by atoms with E-state index in [0.29, 0.717) is 5.76 Å². The number of nitrogens with one attached hydrogen (secondary N) is 2. The lowest BCUT2D eigenvalue weighted by molar-refractivity contribution is 0.0939. The summed E-state index contributed by atoms with van der Waals surface area (Å²) in [6.07, 6.45) is 1.47. The Kier molecular flexibility index (Phi) is 6.33. The Morgan fingerprint density at radius 2 is 1.89 bits per heavy atom. The maximum absolute atomic E-state index is 12.6. The van der Waals surface area contributed by atoms with E-state index in [0.717, 1.165) is 10.0 Å². The Balaban J connectivity index is 1.73. The molecule has 0 bridgehead atoms. The molecule has 2 N–H and O–H groups in total. The second-order valence-electron chi connectivity index (χ2n) is 6.15. The second kappa shape index (κ2) is 8.72. The minimum absolute atomic E-state index is 0.0141. The van der Waals surface area contributed by atoms with Crippen LogP contribution in [0.3, 0.4) is 0 Å². The van der Waals surface area contributed by atoms with Gasteiger partial charge in [0, 0.05) is 10.0 Å². The average Bonchev–Trinajstić information content (AvgIpc) is 3.20. The van der Waals surface area contributed by atoms with Gasteiger partial charge in [-0.15, -0.1) is 0 Å². The molecule has 1 aromatic heterocycles. The smallest absolute Gasteiger partial charge is 0.251 e. The summed E-state index contributed by atoms with van der Waals surface area (Å²) >= 11 is 3.47. The number of halogens is 1. The molecule has 0 spiro atoms. The van der Waals surface area contributed by atoms with Crippen LogP contribution in [0.5, 0.6) is 0 Å². The summed E-state index contributed by atoms with van der Waals surface area (Å²) < 4.78 is 33.5. The van der Waals surface area contributed by atoms with Gasteiger partial charge < -0.3 is 9.73 Å².